The van der Waals surface area contributed by atoms with E-state index in [-0.39, 0.29) is 0 Å². The average Bonchev–Trinajstić information content (AvgIpc) is 2.87. The van der Waals surface area contributed by atoms with Gasteiger partial charge in [-0.05, 0) is 69.2 Å². The van der Waals surface area contributed by atoms with Crippen molar-refractivity contribution in [2.75, 3.05) is 6.54 Å². The summed E-state index contributed by atoms with van der Waals surface area (Å²) in [7, 11) is 0. The van der Waals surface area contributed by atoms with Crippen LogP contribution >= 0.6 is 11.3 Å². The number of nitrogens with one attached hydrogen (secondary N) is 1. The Kier molecular flexibility index (Phi) is 3.38. The van der Waals surface area contributed by atoms with Gasteiger partial charge in [-0.3, -0.25) is 0 Å². The standard InChI is InChI=1S/C17H26N2S/c1-2-3-18-10-15-11-20-16(19-15)17-7-12-4-13(8-17)6-14(5-12)9-17/h11-14,18H,2-10H2,1H3. The van der Waals surface area contributed by atoms with Gasteiger partial charge in [0.2, 0.25) is 0 Å². The first-order valence-corrected chi connectivity index (χ1v) is 9.31. The summed E-state index contributed by atoms with van der Waals surface area (Å²) in [6.07, 6.45) is 10.1. The van der Waals surface area contributed by atoms with Crippen LogP contribution in [-0.2, 0) is 12.0 Å². The van der Waals surface area contributed by atoms with Gasteiger partial charge in [0.15, 0.2) is 0 Å². The molecule has 0 amide bonds. The fourth-order valence-electron chi connectivity index (χ4n) is 5.40. The highest BCUT2D eigenvalue weighted by molar-refractivity contribution is 7.09. The Balaban J connectivity index is 1.52. The molecule has 0 aliphatic heterocycles. The van der Waals surface area contributed by atoms with Crippen LogP contribution in [0.5, 0.6) is 0 Å². The number of thiazole rings is 1. The smallest absolute Gasteiger partial charge is 0.0991 e. The highest BCUT2D eigenvalue weighted by atomic mass is 32.1. The maximum atomic E-state index is 5.03. The molecule has 0 spiro atoms. The molecule has 0 unspecified atom stereocenters. The molecule has 4 bridgehead atoms. The van der Waals surface area contributed by atoms with E-state index in [1.807, 2.05) is 11.3 Å². The molecular formula is C17H26N2S. The Bertz CT molecular complexity index is 444. The van der Waals surface area contributed by atoms with Crippen molar-refractivity contribution in [2.45, 2.75) is 63.8 Å². The SMILES string of the molecule is CCCNCc1csc(C23CC4CC(CC(C4)C2)C3)n1. The minimum Gasteiger partial charge on any atom is -0.311 e. The van der Waals surface area contributed by atoms with Crippen LogP contribution in [-0.4, -0.2) is 11.5 Å². The second-order valence-electron chi connectivity index (χ2n) is 7.52. The molecule has 0 atom stereocenters. The lowest BCUT2D eigenvalue weighted by Crippen LogP contribution is -2.48. The van der Waals surface area contributed by atoms with Crippen LogP contribution in [0.1, 0.15) is 62.6 Å². The fourth-order valence-corrected chi connectivity index (χ4v) is 6.45. The van der Waals surface area contributed by atoms with Crippen LogP contribution in [0.3, 0.4) is 0 Å². The van der Waals surface area contributed by atoms with Crippen molar-refractivity contribution in [3.8, 4) is 0 Å². The van der Waals surface area contributed by atoms with Crippen molar-refractivity contribution < 1.29 is 0 Å². The number of rotatable bonds is 5. The Labute approximate surface area is 126 Å². The van der Waals surface area contributed by atoms with Gasteiger partial charge in [0, 0.05) is 17.3 Å². The maximum Gasteiger partial charge on any atom is 0.0991 e. The number of nitrogens with zero attached hydrogens (tertiary/aromatic N) is 1. The summed E-state index contributed by atoms with van der Waals surface area (Å²) in [6.45, 7) is 4.27. The maximum absolute atomic E-state index is 5.03. The van der Waals surface area contributed by atoms with Gasteiger partial charge in [-0.1, -0.05) is 6.92 Å². The van der Waals surface area contributed by atoms with Crippen molar-refractivity contribution >= 4 is 11.3 Å². The molecule has 1 aromatic heterocycles. The summed E-state index contributed by atoms with van der Waals surface area (Å²) < 4.78 is 0. The Morgan fingerprint density at radius 3 is 2.45 bits per heavy atom. The van der Waals surface area contributed by atoms with Gasteiger partial charge >= 0.3 is 0 Å². The molecule has 1 N–H and O–H groups in total. The van der Waals surface area contributed by atoms with Crippen molar-refractivity contribution in [1.29, 1.82) is 0 Å². The van der Waals surface area contributed by atoms with Gasteiger partial charge in [-0.2, -0.15) is 0 Å². The molecule has 4 aliphatic carbocycles. The molecule has 1 heterocycles. The Morgan fingerprint density at radius 2 is 1.85 bits per heavy atom. The van der Waals surface area contributed by atoms with Gasteiger partial charge < -0.3 is 5.32 Å². The lowest BCUT2D eigenvalue weighted by atomic mass is 9.50. The molecule has 1 aromatic rings. The monoisotopic (exact) mass is 290 g/mol. The first kappa shape index (κ1) is 13.3. The lowest BCUT2D eigenvalue weighted by molar-refractivity contribution is -0.00533. The quantitative estimate of drug-likeness (QED) is 0.825. The van der Waals surface area contributed by atoms with Crippen molar-refractivity contribution in [1.82, 2.24) is 10.3 Å². The fraction of sp³-hybridized carbons (Fsp3) is 0.824. The number of aromatic nitrogens is 1. The first-order valence-electron chi connectivity index (χ1n) is 8.43. The summed E-state index contributed by atoms with van der Waals surface area (Å²) >= 11 is 1.94. The molecule has 4 aliphatic rings. The predicted octanol–water partition coefficient (Wildman–Crippen LogP) is 4.11. The van der Waals surface area contributed by atoms with Crippen molar-refractivity contribution in [3.63, 3.8) is 0 Å². The van der Waals surface area contributed by atoms with E-state index in [4.69, 9.17) is 4.98 Å². The highest BCUT2D eigenvalue weighted by Crippen LogP contribution is 2.61. The molecule has 5 rings (SSSR count). The van der Waals surface area contributed by atoms with Gasteiger partial charge in [-0.25, -0.2) is 4.98 Å². The zero-order valence-corrected chi connectivity index (χ0v) is 13.3. The third kappa shape index (κ3) is 2.23. The van der Waals surface area contributed by atoms with E-state index < -0.39 is 0 Å². The molecule has 4 fully saturated rings. The van der Waals surface area contributed by atoms with E-state index in [9.17, 15) is 0 Å². The largest absolute Gasteiger partial charge is 0.311 e. The van der Waals surface area contributed by atoms with Gasteiger partial charge in [0.1, 0.15) is 0 Å². The van der Waals surface area contributed by atoms with Crippen LogP contribution < -0.4 is 5.32 Å². The van der Waals surface area contributed by atoms with Crippen LogP contribution in [0.4, 0.5) is 0 Å². The van der Waals surface area contributed by atoms with E-state index in [0.717, 1.165) is 30.8 Å². The van der Waals surface area contributed by atoms with E-state index in [1.165, 1.54) is 55.6 Å². The molecule has 0 saturated heterocycles. The predicted molar refractivity (Wildman–Crippen MR) is 84.0 cm³/mol. The normalized spacial score (nSPS) is 38.5. The zero-order valence-electron chi connectivity index (χ0n) is 12.5. The van der Waals surface area contributed by atoms with E-state index >= 15 is 0 Å². The molecule has 110 valence electrons. The summed E-state index contributed by atoms with van der Waals surface area (Å²) in [6, 6.07) is 0. The van der Waals surface area contributed by atoms with Gasteiger partial charge in [0.25, 0.3) is 0 Å². The average molecular weight is 290 g/mol. The van der Waals surface area contributed by atoms with E-state index in [1.54, 1.807) is 0 Å². The summed E-state index contributed by atoms with van der Waals surface area (Å²) in [5, 5.41) is 7.26. The third-order valence-electron chi connectivity index (χ3n) is 5.78. The second kappa shape index (κ2) is 5.10. The second-order valence-corrected chi connectivity index (χ2v) is 8.38. The van der Waals surface area contributed by atoms with Crippen LogP contribution in [0.15, 0.2) is 5.38 Å². The van der Waals surface area contributed by atoms with Gasteiger partial charge in [-0.15, -0.1) is 11.3 Å². The van der Waals surface area contributed by atoms with Crippen LogP contribution in [0.2, 0.25) is 0 Å². The molecule has 3 heteroatoms. The molecule has 20 heavy (non-hydrogen) atoms. The zero-order chi connectivity index (χ0) is 13.6. The number of hydrogen-bond donors (Lipinski definition) is 1. The molecule has 0 aromatic carbocycles. The van der Waals surface area contributed by atoms with Crippen LogP contribution in [0, 0.1) is 17.8 Å². The highest BCUT2D eigenvalue weighted by Gasteiger charge is 2.52. The first-order chi connectivity index (χ1) is 9.77. The van der Waals surface area contributed by atoms with Crippen LogP contribution in [0.25, 0.3) is 0 Å². The summed E-state index contributed by atoms with van der Waals surface area (Å²) in [5.74, 6) is 3.06. The minimum atomic E-state index is 0.489. The van der Waals surface area contributed by atoms with E-state index in [0.29, 0.717) is 5.41 Å². The summed E-state index contributed by atoms with van der Waals surface area (Å²) in [4.78, 5) is 5.03. The number of hydrogen-bond acceptors (Lipinski definition) is 3. The lowest BCUT2D eigenvalue weighted by Gasteiger charge is -2.56. The molecule has 4 saturated carbocycles. The Morgan fingerprint density at radius 1 is 1.20 bits per heavy atom. The van der Waals surface area contributed by atoms with Crippen molar-refractivity contribution in [3.05, 3.63) is 16.1 Å². The van der Waals surface area contributed by atoms with E-state index in [2.05, 4.69) is 17.6 Å². The Hall–Kier alpha value is -0.410. The molecular weight excluding hydrogens is 264 g/mol. The van der Waals surface area contributed by atoms with Crippen molar-refractivity contribution in [2.24, 2.45) is 17.8 Å². The molecule has 2 nitrogen and oxygen atoms in total. The summed E-state index contributed by atoms with van der Waals surface area (Å²) in [5.41, 5.74) is 1.76. The third-order valence-corrected chi connectivity index (χ3v) is 6.91. The van der Waals surface area contributed by atoms with Gasteiger partial charge in [0.05, 0.1) is 10.7 Å². The minimum absolute atomic E-state index is 0.489. The topological polar surface area (TPSA) is 24.9 Å². The molecule has 0 radical (unpaired) electrons.